The molecule has 0 aromatic heterocycles. The first-order valence-electron chi connectivity index (χ1n) is 10.0. The molecule has 0 N–H and O–H groups in total. The predicted octanol–water partition coefficient (Wildman–Crippen LogP) is 6.55. The predicted molar refractivity (Wildman–Crippen MR) is 128 cm³/mol. The molecule has 164 valence electrons. The van der Waals surface area contributed by atoms with Crippen molar-refractivity contribution in [2.45, 2.75) is 37.7 Å². The van der Waals surface area contributed by atoms with Gasteiger partial charge in [0.1, 0.15) is 23.3 Å². The molecule has 0 aliphatic heterocycles. The quantitative estimate of drug-likeness (QED) is 0.387. The van der Waals surface area contributed by atoms with E-state index in [1.807, 2.05) is 0 Å². The molecular formula is C26H24ClNO3S. The first kappa shape index (κ1) is 23.6. The zero-order valence-corrected chi connectivity index (χ0v) is 19.7. The van der Waals surface area contributed by atoms with Gasteiger partial charge in [-0.2, -0.15) is 5.26 Å². The van der Waals surface area contributed by atoms with E-state index >= 15 is 0 Å². The van der Waals surface area contributed by atoms with Gasteiger partial charge in [0.05, 0.1) is 4.90 Å². The number of sulfone groups is 1. The summed E-state index contributed by atoms with van der Waals surface area (Å²) in [5, 5.41) is 9.85. The molecule has 0 radical (unpaired) electrons. The molecule has 3 aromatic rings. The lowest BCUT2D eigenvalue weighted by Gasteiger charge is -2.19. The molecule has 6 heteroatoms. The van der Waals surface area contributed by atoms with E-state index in [1.54, 1.807) is 30.3 Å². The van der Waals surface area contributed by atoms with Crippen LogP contribution in [0.25, 0.3) is 6.08 Å². The van der Waals surface area contributed by atoms with Gasteiger partial charge in [0.25, 0.3) is 0 Å². The van der Waals surface area contributed by atoms with Crippen molar-refractivity contribution in [3.05, 3.63) is 99.4 Å². The van der Waals surface area contributed by atoms with Crippen LogP contribution in [0, 0.1) is 11.3 Å². The van der Waals surface area contributed by atoms with Crippen molar-refractivity contribution in [2.75, 3.05) is 0 Å². The molecule has 0 saturated heterocycles. The molecule has 0 saturated carbocycles. The van der Waals surface area contributed by atoms with Gasteiger partial charge < -0.3 is 4.74 Å². The summed E-state index contributed by atoms with van der Waals surface area (Å²) < 4.78 is 31.3. The van der Waals surface area contributed by atoms with Crippen LogP contribution >= 0.6 is 11.6 Å². The summed E-state index contributed by atoms with van der Waals surface area (Å²) in [6, 6.07) is 22.8. The molecule has 0 aliphatic rings. The van der Waals surface area contributed by atoms with Gasteiger partial charge in [0.2, 0.25) is 9.84 Å². The molecule has 0 fully saturated rings. The Morgan fingerprint density at radius 3 is 2.09 bits per heavy atom. The molecule has 0 spiro atoms. The Morgan fingerprint density at radius 1 is 0.969 bits per heavy atom. The van der Waals surface area contributed by atoms with Crippen LogP contribution in [0.4, 0.5) is 0 Å². The summed E-state index contributed by atoms with van der Waals surface area (Å²) in [5.41, 5.74) is 3.01. The second kappa shape index (κ2) is 9.60. The number of hydrogen-bond donors (Lipinski definition) is 0. The average molecular weight is 466 g/mol. The highest BCUT2D eigenvalue weighted by atomic mass is 35.5. The first-order valence-corrected chi connectivity index (χ1v) is 11.9. The highest BCUT2D eigenvalue weighted by molar-refractivity contribution is 7.95. The van der Waals surface area contributed by atoms with E-state index in [9.17, 15) is 13.7 Å². The van der Waals surface area contributed by atoms with E-state index in [1.165, 1.54) is 35.9 Å². The van der Waals surface area contributed by atoms with Crippen molar-refractivity contribution >= 4 is 27.5 Å². The average Bonchev–Trinajstić information content (AvgIpc) is 2.76. The fraction of sp³-hybridized carbons (Fsp3) is 0.192. The van der Waals surface area contributed by atoms with Crippen LogP contribution in [0.15, 0.2) is 82.6 Å². The fourth-order valence-electron chi connectivity index (χ4n) is 2.99. The van der Waals surface area contributed by atoms with E-state index in [0.29, 0.717) is 22.9 Å². The lowest BCUT2D eigenvalue weighted by Crippen LogP contribution is -2.10. The normalized spacial score (nSPS) is 12.3. The van der Waals surface area contributed by atoms with Crippen LogP contribution in [0.2, 0.25) is 5.02 Å². The number of hydrogen-bond acceptors (Lipinski definition) is 4. The first-order chi connectivity index (χ1) is 15.1. The summed E-state index contributed by atoms with van der Waals surface area (Å²) in [7, 11) is -3.93. The highest BCUT2D eigenvalue weighted by Gasteiger charge is 2.20. The van der Waals surface area contributed by atoms with Gasteiger partial charge >= 0.3 is 0 Å². The monoisotopic (exact) mass is 465 g/mol. The maximum atomic E-state index is 12.7. The Morgan fingerprint density at radius 2 is 1.56 bits per heavy atom. The minimum atomic E-state index is -3.93. The van der Waals surface area contributed by atoms with E-state index in [0.717, 1.165) is 5.56 Å². The minimum absolute atomic E-state index is 0.0205. The molecule has 0 heterocycles. The maximum absolute atomic E-state index is 12.7. The van der Waals surface area contributed by atoms with Crippen LogP contribution in [-0.2, 0) is 21.9 Å². The largest absolute Gasteiger partial charge is 0.489 e. The minimum Gasteiger partial charge on any atom is -0.489 e. The number of ether oxygens (including phenoxy) is 1. The van der Waals surface area contributed by atoms with E-state index < -0.39 is 9.84 Å². The summed E-state index contributed by atoms with van der Waals surface area (Å²) in [6.07, 6.45) is 1.35. The van der Waals surface area contributed by atoms with Crippen molar-refractivity contribution in [1.82, 2.24) is 0 Å². The number of benzene rings is 3. The number of allylic oxidation sites excluding steroid dienone is 1. The summed E-state index contributed by atoms with van der Waals surface area (Å²) in [4.78, 5) is -0.320. The van der Waals surface area contributed by atoms with Crippen molar-refractivity contribution in [1.29, 1.82) is 5.26 Å². The fourth-order valence-corrected chi connectivity index (χ4v) is 4.28. The molecule has 0 amide bonds. The van der Waals surface area contributed by atoms with Gasteiger partial charge in [-0.05, 0) is 64.6 Å². The van der Waals surface area contributed by atoms with Crippen LogP contribution < -0.4 is 4.74 Å². The SMILES string of the molecule is CC(C)(C)c1ccc(COc2ccc(C=C(C#N)S(=O)(=O)c3ccc(Cl)cc3)cc2)cc1. The number of rotatable bonds is 6. The molecule has 3 aromatic carbocycles. The summed E-state index contributed by atoms with van der Waals surface area (Å²) in [6.45, 7) is 6.95. The van der Waals surface area contributed by atoms with Gasteiger partial charge in [-0.15, -0.1) is 0 Å². The van der Waals surface area contributed by atoms with Gasteiger partial charge in [0, 0.05) is 5.02 Å². The Hall–Kier alpha value is -3.07. The topological polar surface area (TPSA) is 67.2 Å². The second-order valence-electron chi connectivity index (χ2n) is 8.38. The van der Waals surface area contributed by atoms with Crippen molar-refractivity contribution in [3.8, 4) is 11.8 Å². The Bertz CT molecular complexity index is 1250. The van der Waals surface area contributed by atoms with Crippen molar-refractivity contribution < 1.29 is 13.2 Å². The standard InChI is InChI=1S/C26H24ClNO3S/c1-26(2,3)21-8-4-20(5-9-21)18-31-23-12-6-19(7-13-23)16-25(17-28)32(29,30)24-14-10-22(27)11-15-24/h4-16H,18H2,1-3H3. The molecule has 4 nitrogen and oxygen atoms in total. The molecule has 3 rings (SSSR count). The van der Waals surface area contributed by atoms with E-state index in [-0.39, 0.29) is 15.2 Å². The third-order valence-electron chi connectivity index (χ3n) is 4.93. The van der Waals surface area contributed by atoms with E-state index in [2.05, 4.69) is 45.0 Å². The van der Waals surface area contributed by atoms with Crippen LogP contribution in [0.5, 0.6) is 5.75 Å². The van der Waals surface area contributed by atoms with Crippen LogP contribution in [0.1, 0.15) is 37.5 Å². The smallest absolute Gasteiger partial charge is 0.216 e. The van der Waals surface area contributed by atoms with E-state index in [4.69, 9.17) is 16.3 Å². The second-order valence-corrected chi connectivity index (χ2v) is 10.7. The molecule has 0 aliphatic carbocycles. The Balaban J connectivity index is 1.71. The third-order valence-corrected chi connectivity index (χ3v) is 6.86. The highest BCUT2D eigenvalue weighted by Crippen LogP contribution is 2.25. The lowest BCUT2D eigenvalue weighted by molar-refractivity contribution is 0.306. The van der Waals surface area contributed by atoms with Crippen molar-refractivity contribution in [3.63, 3.8) is 0 Å². The number of halogens is 1. The zero-order chi connectivity index (χ0) is 23.4. The lowest BCUT2D eigenvalue weighted by atomic mass is 9.87. The molecule has 32 heavy (non-hydrogen) atoms. The van der Waals surface area contributed by atoms with Gasteiger partial charge in [-0.25, -0.2) is 8.42 Å². The zero-order valence-electron chi connectivity index (χ0n) is 18.2. The molecule has 0 unspecified atom stereocenters. The molecule has 0 atom stereocenters. The van der Waals surface area contributed by atoms with Gasteiger partial charge in [-0.1, -0.05) is 68.8 Å². The number of nitriles is 1. The number of nitrogens with zero attached hydrogens (tertiary/aromatic N) is 1. The Labute approximate surface area is 194 Å². The van der Waals surface area contributed by atoms with Crippen molar-refractivity contribution in [2.24, 2.45) is 0 Å². The Kier molecular flexibility index (Phi) is 7.08. The summed E-state index contributed by atoms with van der Waals surface area (Å²) in [5.74, 6) is 0.654. The third kappa shape index (κ3) is 5.79. The summed E-state index contributed by atoms with van der Waals surface area (Å²) >= 11 is 5.82. The van der Waals surface area contributed by atoms with Gasteiger partial charge in [0.15, 0.2) is 0 Å². The van der Waals surface area contributed by atoms with Crippen LogP contribution in [-0.4, -0.2) is 8.42 Å². The molecular weight excluding hydrogens is 442 g/mol. The molecule has 0 bridgehead atoms. The van der Waals surface area contributed by atoms with Crippen LogP contribution in [0.3, 0.4) is 0 Å². The van der Waals surface area contributed by atoms with Gasteiger partial charge in [-0.3, -0.25) is 0 Å². The maximum Gasteiger partial charge on any atom is 0.216 e.